The summed E-state index contributed by atoms with van der Waals surface area (Å²) in [6, 6.07) is 3.77. The molecule has 1 aromatic heterocycles. The Kier molecular flexibility index (Phi) is 7.82. The maximum absolute atomic E-state index is 12.8. The Bertz CT molecular complexity index is 537. The highest BCUT2D eigenvalue weighted by molar-refractivity contribution is 5.84. The molecule has 0 spiro atoms. The first-order valence-electron chi connectivity index (χ1n) is 8.68. The highest BCUT2D eigenvalue weighted by atomic mass is 16.2. The molecule has 0 aromatic carbocycles. The van der Waals surface area contributed by atoms with Gasteiger partial charge < -0.3 is 19.7 Å². The maximum Gasteiger partial charge on any atom is 0.318 e. The molecule has 0 bridgehead atoms. The van der Waals surface area contributed by atoms with E-state index in [4.69, 9.17) is 0 Å². The third-order valence-corrected chi connectivity index (χ3v) is 3.86. The van der Waals surface area contributed by atoms with E-state index in [1.807, 2.05) is 55.6 Å². The zero-order valence-electron chi connectivity index (χ0n) is 15.9. The highest BCUT2D eigenvalue weighted by Gasteiger charge is 2.24. The van der Waals surface area contributed by atoms with Crippen LogP contribution in [0.15, 0.2) is 18.3 Å². The molecule has 1 heterocycles. The number of amides is 3. The summed E-state index contributed by atoms with van der Waals surface area (Å²) in [6.07, 6.45) is 1.97. The lowest BCUT2D eigenvalue weighted by Crippen LogP contribution is -2.50. The van der Waals surface area contributed by atoms with Crippen LogP contribution in [0.4, 0.5) is 4.79 Å². The number of urea groups is 1. The second kappa shape index (κ2) is 9.35. The lowest BCUT2D eigenvalue weighted by Gasteiger charge is -2.31. The lowest BCUT2D eigenvalue weighted by atomic mass is 10.2. The quantitative estimate of drug-likeness (QED) is 0.793. The predicted molar refractivity (Wildman–Crippen MR) is 96.6 cm³/mol. The van der Waals surface area contributed by atoms with Gasteiger partial charge in [-0.2, -0.15) is 0 Å². The van der Waals surface area contributed by atoms with Gasteiger partial charge >= 0.3 is 6.03 Å². The molecule has 0 unspecified atom stereocenters. The van der Waals surface area contributed by atoms with Crippen LogP contribution in [0.25, 0.3) is 0 Å². The van der Waals surface area contributed by atoms with Crippen molar-refractivity contribution in [1.29, 1.82) is 0 Å². The minimum Gasteiger partial charge on any atom is -0.353 e. The van der Waals surface area contributed by atoms with Gasteiger partial charge in [-0.15, -0.1) is 0 Å². The van der Waals surface area contributed by atoms with Crippen LogP contribution in [0.1, 0.15) is 40.3 Å². The molecular weight excluding hydrogens is 304 g/mol. The van der Waals surface area contributed by atoms with E-state index in [9.17, 15) is 9.59 Å². The summed E-state index contributed by atoms with van der Waals surface area (Å²) in [4.78, 5) is 28.4. The zero-order valence-corrected chi connectivity index (χ0v) is 15.9. The van der Waals surface area contributed by atoms with Crippen molar-refractivity contribution in [3.8, 4) is 0 Å². The first kappa shape index (κ1) is 20.1. The van der Waals surface area contributed by atoms with Crippen LogP contribution in [0.5, 0.6) is 0 Å². The molecule has 0 aliphatic heterocycles. The smallest absolute Gasteiger partial charge is 0.318 e. The Hall–Kier alpha value is -1.98. The SMILES string of the molecule is CCNC(=O)N(CC(=O)N(Cc1cccn1C)CC(C)C)C(C)C. The number of aromatic nitrogens is 1. The predicted octanol–water partition coefficient (Wildman–Crippen LogP) is 2.45. The molecule has 0 aliphatic carbocycles. The molecular formula is C18H32N4O2. The number of hydrogen-bond donors (Lipinski definition) is 1. The fourth-order valence-corrected chi connectivity index (χ4v) is 2.54. The number of hydrogen-bond acceptors (Lipinski definition) is 2. The summed E-state index contributed by atoms with van der Waals surface area (Å²) in [6.45, 7) is 11.8. The molecule has 24 heavy (non-hydrogen) atoms. The van der Waals surface area contributed by atoms with Crippen LogP contribution in [0.3, 0.4) is 0 Å². The van der Waals surface area contributed by atoms with Crippen molar-refractivity contribution in [2.24, 2.45) is 13.0 Å². The lowest BCUT2D eigenvalue weighted by molar-refractivity contribution is -0.133. The number of carbonyl (C=O) groups is 2. The average molecular weight is 336 g/mol. The highest BCUT2D eigenvalue weighted by Crippen LogP contribution is 2.10. The van der Waals surface area contributed by atoms with Gasteiger partial charge in [-0.3, -0.25) is 4.79 Å². The molecule has 0 aliphatic rings. The van der Waals surface area contributed by atoms with Gasteiger partial charge in [0.15, 0.2) is 0 Å². The molecule has 1 rings (SSSR count). The standard InChI is InChI=1S/C18H32N4O2/c1-7-19-18(24)22(15(4)5)13-17(23)21(11-14(2)3)12-16-9-8-10-20(16)6/h8-10,14-15H,7,11-13H2,1-6H3,(H,19,24). The van der Waals surface area contributed by atoms with Gasteiger partial charge in [0.05, 0.1) is 6.54 Å². The molecule has 0 saturated carbocycles. The monoisotopic (exact) mass is 336 g/mol. The summed E-state index contributed by atoms with van der Waals surface area (Å²) in [5.41, 5.74) is 1.08. The minimum atomic E-state index is -0.191. The summed E-state index contributed by atoms with van der Waals surface area (Å²) < 4.78 is 2.02. The third-order valence-electron chi connectivity index (χ3n) is 3.86. The van der Waals surface area contributed by atoms with Crippen LogP contribution >= 0.6 is 0 Å². The van der Waals surface area contributed by atoms with E-state index in [2.05, 4.69) is 19.2 Å². The molecule has 0 saturated heterocycles. The Balaban J connectivity index is 2.86. The van der Waals surface area contributed by atoms with Crippen molar-refractivity contribution in [3.05, 3.63) is 24.0 Å². The van der Waals surface area contributed by atoms with Crippen molar-refractivity contribution >= 4 is 11.9 Å². The van der Waals surface area contributed by atoms with E-state index in [0.717, 1.165) is 5.69 Å². The zero-order chi connectivity index (χ0) is 18.3. The van der Waals surface area contributed by atoms with E-state index in [1.54, 1.807) is 4.90 Å². The molecule has 6 heteroatoms. The Morgan fingerprint density at radius 3 is 2.38 bits per heavy atom. The number of rotatable bonds is 8. The van der Waals surface area contributed by atoms with Gasteiger partial charge in [0.25, 0.3) is 0 Å². The van der Waals surface area contributed by atoms with Crippen LogP contribution in [0.2, 0.25) is 0 Å². The largest absolute Gasteiger partial charge is 0.353 e. The van der Waals surface area contributed by atoms with E-state index in [1.165, 1.54) is 0 Å². The maximum atomic E-state index is 12.8. The van der Waals surface area contributed by atoms with E-state index in [0.29, 0.717) is 25.6 Å². The van der Waals surface area contributed by atoms with E-state index < -0.39 is 0 Å². The van der Waals surface area contributed by atoms with Crippen molar-refractivity contribution in [1.82, 2.24) is 19.7 Å². The second-order valence-corrected chi connectivity index (χ2v) is 6.84. The summed E-state index contributed by atoms with van der Waals surface area (Å²) in [5.74, 6) is 0.344. The van der Waals surface area contributed by atoms with Gasteiger partial charge in [-0.1, -0.05) is 13.8 Å². The Morgan fingerprint density at radius 2 is 1.92 bits per heavy atom. The van der Waals surface area contributed by atoms with Gasteiger partial charge in [-0.05, 0) is 38.8 Å². The number of nitrogens with one attached hydrogen (secondary N) is 1. The summed E-state index contributed by atoms with van der Waals surface area (Å²) in [5, 5.41) is 2.78. The molecule has 6 nitrogen and oxygen atoms in total. The van der Waals surface area contributed by atoms with Crippen molar-refractivity contribution in [2.45, 2.75) is 47.2 Å². The number of aryl methyl sites for hydroxylation is 1. The first-order chi connectivity index (χ1) is 11.3. The number of carbonyl (C=O) groups excluding carboxylic acids is 2. The Labute approximate surface area is 145 Å². The minimum absolute atomic E-state index is 0.0233. The normalized spacial score (nSPS) is 11.0. The topological polar surface area (TPSA) is 57.6 Å². The molecule has 1 aromatic rings. The van der Waals surface area contributed by atoms with Crippen LogP contribution in [-0.4, -0.2) is 52.0 Å². The molecule has 1 N–H and O–H groups in total. The van der Waals surface area contributed by atoms with Crippen molar-refractivity contribution < 1.29 is 9.59 Å². The van der Waals surface area contributed by atoms with E-state index in [-0.39, 0.29) is 24.5 Å². The third kappa shape index (κ3) is 5.91. The number of nitrogens with zero attached hydrogens (tertiary/aromatic N) is 3. The van der Waals surface area contributed by atoms with E-state index >= 15 is 0 Å². The van der Waals surface area contributed by atoms with Gasteiger partial charge in [0.1, 0.15) is 6.54 Å². The molecule has 0 radical (unpaired) electrons. The van der Waals surface area contributed by atoms with Crippen molar-refractivity contribution in [3.63, 3.8) is 0 Å². The van der Waals surface area contributed by atoms with Gasteiger partial charge in [-0.25, -0.2) is 4.79 Å². The van der Waals surface area contributed by atoms with Crippen LogP contribution in [0, 0.1) is 5.92 Å². The van der Waals surface area contributed by atoms with Crippen LogP contribution < -0.4 is 5.32 Å². The summed E-state index contributed by atoms with van der Waals surface area (Å²) in [7, 11) is 1.97. The average Bonchev–Trinajstić information content (AvgIpc) is 2.88. The molecule has 0 atom stereocenters. The second-order valence-electron chi connectivity index (χ2n) is 6.84. The molecule has 136 valence electrons. The molecule has 0 fully saturated rings. The Morgan fingerprint density at radius 1 is 1.25 bits per heavy atom. The molecule has 3 amide bonds. The van der Waals surface area contributed by atoms with Gasteiger partial charge in [0, 0.05) is 38.1 Å². The van der Waals surface area contributed by atoms with Crippen LogP contribution in [-0.2, 0) is 18.4 Å². The first-order valence-corrected chi connectivity index (χ1v) is 8.68. The fraction of sp³-hybridized carbons (Fsp3) is 0.667. The summed E-state index contributed by atoms with van der Waals surface area (Å²) >= 11 is 0. The van der Waals surface area contributed by atoms with Gasteiger partial charge in [0.2, 0.25) is 5.91 Å². The van der Waals surface area contributed by atoms with Crippen molar-refractivity contribution in [2.75, 3.05) is 19.6 Å². The fourth-order valence-electron chi connectivity index (χ4n) is 2.54.